The summed E-state index contributed by atoms with van der Waals surface area (Å²) in [4.78, 5) is 20.8. The first kappa shape index (κ1) is 11.3. The molecule has 0 spiro atoms. The zero-order valence-corrected chi connectivity index (χ0v) is 8.21. The third-order valence-corrected chi connectivity index (χ3v) is 1.97. The van der Waals surface area contributed by atoms with E-state index >= 15 is 0 Å². The highest BCUT2D eigenvalue weighted by Crippen LogP contribution is 2.26. The molecular weight excluding hydrogens is 198 g/mol. The van der Waals surface area contributed by atoms with Crippen LogP contribution in [0.25, 0.3) is 0 Å². The average molecular weight is 209 g/mol. The van der Waals surface area contributed by atoms with E-state index in [1.807, 2.05) is 0 Å². The second-order valence-corrected chi connectivity index (χ2v) is 3.24. The highest BCUT2D eigenvalue weighted by Gasteiger charge is 2.20. The minimum Gasteiger partial charge on any atom is -0.388 e. The van der Waals surface area contributed by atoms with Crippen molar-refractivity contribution in [3.05, 3.63) is 39.9 Å². The Balaban J connectivity index is 3.02. The van der Waals surface area contributed by atoms with Crippen molar-refractivity contribution in [3.63, 3.8) is 0 Å². The number of hydrogen-bond acceptors (Lipinski definition) is 4. The van der Waals surface area contributed by atoms with E-state index in [2.05, 4.69) is 0 Å². The molecule has 5 nitrogen and oxygen atoms in total. The quantitative estimate of drug-likeness (QED) is 0.603. The summed E-state index contributed by atoms with van der Waals surface area (Å²) in [6.07, 6.45) is -1.21. The highest BCUT2D eigenvalue weighted by atomic mass is 16.6. The molecule has 0 saturated carbocycles. The molecule has 1 aromatic carbocycles. The molecule has 0 aromatic heterocycles. The Morgan fingerprint density at radius 3 is 2.67 bits per heavy atom. The normalized spacial score (nSPS) is 12.1. The summed E-state index contributed by atoms with van der Waals surface area (Å²) in [7, 11) is 0. The lowest BCUT2D eigenvalue weighted by Gasteiger charge is -2.08. The lowest BCUT2D eigenvalue weighted by molar-refractivity contribution is -0.386. The van der Waals surface area contributed by atoms with Crippen molar-refractivity contribution in [2.75, 3.05) is 0 Å². The third-order valence-electron chi connectivity index (χ3n) is 1.97. The second-order valence-electron chi connectivity index (χ2n) is 3.24. The van der Waals surface area contributed by atoms with E-state index in [9.17, 15) is 20.0 Å². The lowest BCUT2D eigenvalue weighted by atomic mass is 10.0. The van der Waals surface area contributed by atoms with Crippen LogP contribution >= 0.6 is 0 Å². The molecule has 0 aliphatic rings. The van der Waals surface area contributed by atoms with Crippen LogP contribution in [0.4, 0.5) is 5.69 Å². The van der Waals surface area contributed by atoms with E-state index in [-0.39, 0.29) is 23.5 Å². The van der Waals surface area contributed by atoms with E-state index in [4.69, 9.17) is 0 Å². The number of carbonyl (C=O) groups is 1. The number of aliphatic hydroxyl groups is 1. The molecule has 5 heteroatoms. The van der Waals surface area contributed by atoms with Crippen molar-refractivity contribution in [1.29, 1.82) is 0 Å². The van der Waals surface area contributed by atoms with Crippen molar-refractivity contribution >= 4 is 11.5 Å². The molecule has 1 N–H and O–H groups in total. The summed E-state index contributed by atoms with van der Waals surface area (Å²) in [6, 6.07) is 5.86. The largest absolute Gasteiger partial charge is 0.388 e. The van der Waals surface area contributed by atoms with E-state index in [0.717, 1.165) is 0 Å². The molecule has 0 saturated heterocycles. The molecule has 1 atom stereocenters. The van der Waals surface area contributed by atoms with Gasteiger partial charge in [-0.1, -0.05) is 12.1 Å². The van der Waals surface area contributed by atoms with Crippen LogP contribution in [0.15, 0.2) is 24.3 Å². The maximum Gasteiger partial charge on any atom is 0.275 e. The van der Waals surface area contributed by atoms with Gasteiger partial charge < -0.3 is 5.11 Å². The fourth-order valence-corrected chi connectivity index (χ4v) is 1.32. The van der Waals surface area contributed by atoms with E-state index in [0.29, 0.717) is 0 Å². The van der Waals surface area contributed by atoms with Crippen molar-refractivity contribution in [2.24, 2.45) is 0 Å². The van der Waals surface area contributed by atoms with Crippen molar-refractivity contribution in [1.82, 2.24) is 0 Å². The second kappa shape index (κ2) is 4.65. The van der Waals surface area contributed by atoms with Crippen molar-refractivity contribution in [3.8, 4) is 0 Å². The zero-order chi connectivity index (χ0) is 11.4. The summed E-state index contributed by atoms with van der Waals surface area (Å²) in [5.41, 5.74) is 0.0175. The van der Waals surface area contributed by atoms with Gasteiger partial charge in [0.2, 0.25) is 0 Å². The average Bonchev–Trinajstić information content (AvgIpc) is 2.16. The van der Waals surface area contributed by atoms with E-state index in [1.54, 1.807) is 6.07 Å². The van der Waals surface area contributed by atoms with Gasteiger partial charge in [-0.15, -0.1) is 0 Å². The summed E-state index contributed by atoms with van der Waals surface area (Å²) >= 11 is 0. The van der Waals surface area contributed by atoms with Crippen LogP contribution in [0.3, 0.4) is 0 Å². The standard InChI is InChI=1S/C10H11NO4/c1-7(12)6-10(13)8-4-2-3-5-9(8)11(14)15/h2-5,10,13H,6H2,1H3. The molecule has 0 radical (unpaired) electrons. The maximum absolute atomic E-state index is 10.8. The fraction of sp³-hybridized carbons (Fsp3) is 0.300. The smallest absolute Gasteiger partial charge is 0.275 e. The van der Waals surface area contributed by atoms with Crippen molar-refractivity contribution < 1.29 is 14.8 Å². The first-order valence-corrected chi connectivity index (χ1v) is 4.43. The minimum atomic E-state index is -1.11. The van der Waals surface area contributed by atoms with E-state index in [1.165, 1.54) is 25.1 Å². The number of para-hydroxylation sites is 1. The van der Waals surface area contributed by atoms with Gasteiger partial charge in [-0.2, -0.15) is 0 Å². The van der Waals surface area contributed by atoms with Crippen LogP contribution in [0, 0.1) is 10.1 Å². The van der Waals surface area contributed by atoms with Gasteiger partial charge in [0.15, 0.2) is 0 Å². The topological polar surface area (TPSA) is 80.4 Å². The van der Waals surface area contributed by atoms with Gasteiger partial charge >= 0.3 is 0 Å². The third kappa shape index (κ3) is 2.85. The van der Waals surface area contributed by atoms with Crippen LogP contribution in [0.5, 0.6) is 0 Å². The van der Waals surface area contributed by atoms with E-state index < -0.39 is 11.0 Å². The molecule has 1 aromatic rings. The molecule has 0 fully saturated rings. The van der Waals surface area contributed by atoms with Gasteiger partial charge in [0.05, 0.1) is 16.6 Å². The van der Waals surface area contributed by atoms with Gasteiger partial charge in [0, 0.05) is 12.5 Å². The summed E-state index contributed by atoms with van der Waals surface area (Å²) < 4.78 is 0. The summed E-state index contributed by atoms with van der Waals surface area (Å²) in [5, 5.41) is 20.2. The first-order chi connectivity index (χ1) is 7.02. The van der Waals surface area contributed by atoms with Gasteiger partial charge in [0.1, 0.15) is 5.78 Å². The number of ketones is 1. The Morgan fingerprint density at radius 1 is 1.53 bits per heavy atom. The molecular formula is C10H11NO4. The molecule has 0 heterocycles. The number of Topliss-reactive ketones (excluding diaryl/α,β-unsaturated/α-hetero) is 1. The van der Waals surface area contributed by atoms with Gasteiger partial charge in [-0.05, 0) is 13.0 Å². The number of hydrogen-bond donors (Lipinski definition) is 1. The number of rotatable bonds is 4. The Bertz CT molecular complexity index is 389. The number of nitrogens with zero attached hydrogens (tertiary/aromatic N) is 1. The Labute approximate surface area is 86.5 Å². The minimum absolute atomic E-state index is 0.106. The monoisotopic (exact) mass is 209 g/mol. The van der Waals surface area contributed by atoms with Crippen LogP contribution < -0.4 is 0 Å². The molecule has 0 aliphatic heterocycles. The van der Waals surface area contributed by atoms with Gasteiger partial charge in [-0.3, -0.25) is 14.9 Å². The lowest BCUT2D eigenvalue weighted by Crippen LogP contribution is -2.06. The highest BCUT2D eigenvalue weighted by molar-refractivity contribution is 5.76. The zero-order valence-electron chi connectivity index (χ0n) is 8.21. The molecule has 0 aliphatic carbocycles. The van der Waals surface area contributed by atoms with Crippen LogP contribution in [-0.2, 0) is 4.79 Å². The Morgan fingerprint density at radius 2 is 2.13 bits per heavy atom. The van der Waals surface area contributed by atoms with Crippen LogP contribution in [0.1, 0.15) is 25.0 Å². The summed E-state index contributed by atoms with van der Waals surface area (Å²) in [5.74, 6) is -0.208. The Kier molecular flexibility index (Phi) is 3.51. The molecule has 0 bridgehead atoms. The number of carbonyl (C=O) groups excluding carboxylic acids is 1. The number of aliphatic hydroxyl groups excluding tert-OH is 1. The molecule has 0 amide bonds. The molecule has 1 unspecified atom stereocenters. The van der Waals surface area contributed by atoms with Crippen LogP contribution in [0.2, 0.25) is 0 Å². The SMILES string of the molecule is CC(=O)CC(O)c1ccccc1[N+](=O)[O-]. The predicted octanol–water partition coefficient (Wildman–Crippen LogP) is 1.61. The molecule has 80 valence electrons. The Hall–Kier alpha value is -1.75. The summed E-state index contributed by atoms with van der Waals surface area (Å²) in [6.45, 7) is 1.33. The number of nitro benzene ring substituents is 1. The van der Waals surface area contributed by atoms with Gasteiger partial charge in [0.25, 0.3) is 5.69 Å². The maximum atomic E-state index is 10.8. The molecule has 15 heavy (non-hydrogen) atoms. The fourth-order valence-electron chi connectivity index (χ4n) is 1.32. The number of nitro groups is 1. The predicted molar refractivity (Wildman–Crippen MR) is 53.4 cm³/mol. The number of benzene rings is 1. The van der Waals surface area contributed by atoms with Crippen molar-refractivity contribution in [2.45, 2.75) is 19.4 Å². The molecule has 1 rings (SSSR count). The van der Waals surface area contributed by atoms with Crippen LogP contribution in [-0.4, -0.2) is 15.8 Å². The van der Waals surface area contributed by atoms with Gasteiger partial charge in [-0.25, -0.2) is 0 Å². The first-order valence-electron chi connectivity index (χ1n) is 4.43.